The summed E-state index contributed by atoms with van der Waals surface area (Å²) in [5, 5.41) is 28.8. The van der Waals surface area contributed by atoms with Crippen LogP contribution < -0.4 is 4.90 Å². The van der Waals surface area contributed by atoms with Crippen molar-refractivity contribution in [1.29, 1.82) is 0 Å². The van der Waals surface area contributed by atoms with Crippen molar-refractivity contribution in [3.63, 3.8) is 0 Å². The molecule has 0 aliphatic rings. The van der Waals surface area contributed by atoms with Gasteiger partial charge in [-0.15, -0.1) is 0 Å². The molecule has 0 aliphatic carbocycles. The summed E-state index contributed by atoms with van der Waals surface area (Å²) < 4.78 is 0. The number of nitrogens with zero attached hydrogens (tertiary/aromatic N) is 1. The molecular formula is C17H25NO5. The predicted molar refractivity (Wildman–Crippen MR) is 87.6 cm³/mol. The van der Waals surface area contributed by atoms with Crippen LogP contribution in [0.4, 0.5) is 5.69 Å². The first-order chi connectivity index (χ1) is 10.9. The van der Waals surface area contributed by atoms with Crippen LogP contribution in [0.1, 0.15) is 45.1 Å². The van der Waals surface area contributed by atoms with Crippen LogP contribution in [0.5, 0.6) is 0 Å². The monoisotopic (exact) mass is 323 g/mol. The van der Waals surface area contributed by atoms with Gasteiger partial charge >= 0.3 is 11.9 Å². The zero-order valence-electron chi connectivity index (χ0n) is 13.7. The van der Waals surface area contributed by atoms with E-state index in [1.165, 1.54) is 12.1 Å². The van der Waals surface area contributed by atoms with E-state index in [4.69, 9.17) is 0 Å². The van der Waals surface area contributed by atoms with Gasteiger partial charge in [0.15, 0.2) is 0 Å². The summed E-state index contributed by atoms with van der Waals surface area (Å²) >= 11 is 0. The molecule has 23 heavy (non-hydrogen) atoms. The molecule has 0 fully saturated rings. The third-order valence-corrected chi connectivity index (χ3v) is 3.82. The van der Waals surface area contributed by atoms with Gasteiger partial charge in [-0.25, -0.2) is 9.59 Å². The van der Waals surface area contributed by atoms with E-state index in [1.54, 1.807) is 12.1 Å². The number of hydrogen-bond donors (Lipinski definition) is 3. The van der Waals surface area contributed by atoms with Crippen LogP contribution in [0.15, 0.2) is 24.3 Å². The standard InChI is InChI=1S/C17H25NO5/c1-3-5-11-18(12-6-4-2)14-10-8-7-9-13(14)17(23,15(19)20)16(21)22/h7-10,23H,3-6,11-12H2,1-2H3,(H,19,20)(H,21,22). The van der Waals surface area contributed by atoms with Crippen LogP contribution in [-0.2, 0) is 15.2 Å². The molecule has 0 saturated heterocycles. The minimum absolute atomic E-state index is 0.104. The van der Waals surface area contributed by atoms with Crippen LogP contribution in [0.2, 0.25) is 0 Å². The Morgan fingerprint density at radius 1 is 1.00 bits per heavy atom. The molecular weight excluding hydrogens is 298 g/mol. The summed E-state index contributed by atoms with van der Waals surface area (Å²) in [6.45, 7) is 5.47. The number of aliphatic carboxylic acids is 2. The van der Waals surface area contributed by atoms with E-state index in [0.717, 1.165) is 25.7 Å². The van der Waals surface area contributed by atoms with Gasteiger partial charge in [-0.05, 0) is 18.9 Å². The van der Waals surface area contributed by atoms with Gasteiger partial charge < -0.3 is 20.2 Å². The Morgan fingerprint density at radius 2 is 1.48 bits per heavy atom. The van der Waals surface area contributed by atoms with Gasteiger partial charge in [0, 0.05) is 24.3 Å². The van der Waals surface area contributed by atoms with Crippen LogP contribution in [0.25, 0.3) is 0 Å². The van der Waals surface area contributed by atoms with Crippen LogP contribution in [0, 0.1) is 0 Å². The summed E-state index contributed by atoms with van der Waals surface area (Å²) in [5.41, 5.74) is -2.60. The van der Waals surface area contributed by atoms with E-state index in [9.17, 15) is 24.9 Å². The number of benzene rings is 1. The average Bonchev–Trinajstić information content (AvgIpc) is 2.54. The highest BCUT2D eigenvalue weighted by molar-refractivity contribution is 6.03. The van der Waals surface area contributed by atoms with Crippen molar-refractivity contribution >= 4 is 17.6 Å². The van der Waals surface area contributed by atoms with Gasteiger partial charge in [-0.2, -0.15) is 0 Å². The predicted octanol–water partition coefficient (Wildman–Crippen LogP) is 2.45. The first-order valence-electron chi connectivity index (χ1n) is 7.93. The second-order valence-corrected chi connectivity index (χ2v) is 5.53. The van der Waals surface area contributed by atoms with Crippen molar-refractivity contribution in [2.45, 2.75) is 45.1 Å². The number of rotatable bonds is 10. The molecule has 6 heteroatoms. The van der Waals surface area contributed by atoms with E-state index in [1.807, 2.05) is 4.90 Å². The summed E-state index contributed by atoms with van der Waals surface area (Å²) in [6.07, 6.45) is 3.73. The molecule has 0 saturated carbocycles. The van der Waals surface area contributed by atoms with Crippen molar-refractivity contribution in [3.05, 3.63) is 29.8 Å². The molecule has 0 bridgehead atoms. The number of hydrogen-bond acceptors (Lipinski definition) is 4. The first-order valence-corrected chi connectivity index (χ1v) is 7.93. The second-order valence-electron chi connectivity index (χ2n) is 5.53. The highest BCUT2D eigenvalue weighted by atomic mass is 16.4. The van der Waals surface area contributed by atoms with Crippen molar-refractivity contribution in [1.82, 2.24) is 0 Å². The smallest absolute Gasteiger partial charge is 0.352 e. The fourth-order valence-corrected chi connectivity index (χ4v) is 2.43. The van der Waals surface area contributed by atoms with Gasteiger partial charge in [0.2, 0.25) is 0 Å². The Bertz CT molecular complexity index is 522. The zero-order chi connectivity index (χ0) is 17.5. The van der Waals surface area contributed by atoms with Crippen molar-refractivity contribution in [3.8, 4) is 0 Å². The van der Waals surface area contributed by atoms with Crippen molar-refractivity contribution in [2.24, 2.45) is 0 Å². The Hall–Kier alpha value is -2.08. The molecule has 0 spiro atoms. The van der Waals surface area contributed by atoms with E-state index in [0.29, 0.717) is 18.8 Å². The minimum Gasteiger partial charge on any atom is -0.478 e. The molecule has 0 radical (unpaired) electrons. The van der Waals surface area contributed by atoms with Crippen LogP contribution in [0.3, 0.4) is 0 Å². The Morgan fingerprint density at radius 3 is 1.91 bits per heavy atom. The number of carbonyl (C=O) groups is 2. The molecule has 128 valence electrons. The highest BCUT2D eigenvalue weighted by Crippen LogP contribution is 2.32. The van der Waals surface area contributed by atoms with E-state index >= 15 is 0 Å². The Kier molecular flexibility index (Phi) is 7.03. The normalized spacial score (nSPS) is 11.3. The SMILES string of the molecule is CCCCN(CCCC)c1ccccc1C(O)(C(=O)O)C(=O)O. The lowest BCUT2D eigenvalue weighted by molar-refractivity contribution is -0.177. The van der Waals surface area contributed by atoms with Gasteiger partial charge in [-0.1, -0.05) is 44.9 Å². The third-order valence-electron chi connectivity index (χ3n) is 3.82. The largest absolute Gasteiger partial charge is 0.478 e. The van der Waals surface area contributed by atoms with Crippen LogP contribution in [-0.4, -0.2) is 40.3 Å². The molecule has 3 N–H and O–H groups in total. The lowest BCUT2D eigenvalue weighted by atomic mass is 9.91. The number of para-hydroxylation sites is 1. The molecule has 1 rings (SSSR count). The first kappa shape index (κ1) is 19.0. The fourth-order valence-electron chi connectivity index (χ4n) is 2.43. The van der Waals surface area contributed by atoms with Crippen molar-refractivity contribution in [2.75, 3.05) is 18.0 Å². The molecule has 6 nitrogen and oxygen atoms in total. The maximum atomic E-state index is 11.4. The molecule has 1 aromatic carbocycles. The number of anilines is 1. The van der Waals surface area contributed by atoms with E-state index < -0.39 is 17.5 Å². The van der Waals surface area contributed by atoms with Gasteiger partial charge in [0.1, 0.15) is 0 Å². The lowest BCUT2D eigenvalue weighted by Gasteiger charge is -2.30. The topological polar surface area (TPSA) is 98.1 Å². The van der Waals surface area contributed by atoms with Crippen molar-refractivity contribution < 1.29 is 24.9 Å². The van der Waals surface area contributed by atoms with Gasteiger partial charge in [0.05, 0.1) is 0 Å². The fraction of sp³-hybridized carbons (Fsp3) is 0.529. The molecule has 1 aromatic rings. The second kappa shape index (κ2) is 8.53. The third kappa shape index (κ3) is 4.22. The molecule has 0 aromatic heterocycles. The molecule has 0 amide bonds. The average molecular weight is 323 g/mol. The minimum atomic E-state index is -2.95. The maximum Gasteiger partial charge on any atom is 0.352 e. The molecule has 0 aliphatic heterocycles. The van der Waals surface area contributed by atoms with E-state index in [2.05, 4.69) is 13.8 Å². The maximum absolute atomic E-state index is 11.4. The molecule has 0 heterocycles. The summed E-state index contributed by atoms with van der Waals surface area (Å²) in [4.78, 5) is 24.8. The number of carboxylic acids is 2. The van der Waals surface area contributed by atoms with Crippen LogP contribution >= 0.6 is 0 Å². The summed E-state index contributed by atoms with van der Waals surface area (Å²) in [7, 11) is 0. The summed E-state index contributed by atoms with van der Waals surface area (Å²) in [5.74, 6) is -3.58. The zero-order valence-corrected chi connectivity index (χ0v) is 13.7. The quantitative estimate of drug-likeness (QED) is 0.572. The molecule has 0 atom stereocenters. The number of aliphatic hydroxyl groups is 1. The van der Waals surface area contributed by atoms with Gasteiger partial charge in [-0.3, -0.25) is 0 Å². The van der Waals surface area contributed by atoms with Gasteiger partial charge in [0.25, 0.3) is 5.60 Å². The Balaban J connectivity index is 3.34. The molecule has 0 unspecified atom stereocenters. The number of unbranched alkanes of at least 4 members (excludes halogenated alkanes) is 2. The lowest BCUT2D eigenvalue weighted by Crippen LogP contribution is -2.45. The Labute approximate surface area is 136 Å². The summed E-state index contributed by atoms with van der Waals surface area (Å²) in [6, 6.07) is 6.28. The van der Waals surface area contributed by atoms with E-state index in [-0.39, 0.29) is 5.56 Å². The number of carboxylic acid groups (broad SMARTS) is 2. The highest BCUT2D eigenvalue weighted by Gasteiger charge is 2.48.